The summed E-state index contributed by atoms with van der Waals surface area (Å²) in [6, 6.07) is 10.6. The number of fused-ring (bicyclic) bond motifs is 1. The number of carbonyl (C=O) groups excluding carboxylic acids is 2. The van der Waals surface area contributed by atoms with Crippen LogP contribution >= 0.6 is 11.6 Å². The van der Waals surface area contributed by atoms with Crippen molar-refractivity contribution in [2.45, 2.75) is 32.7 Å². The second kappa shape index (κ2) is 13.6. The van der Waals surface area contributed by atoms with Crippen molar-refractivity contribution in [1.29, 1.82) is 0 Å². The van der Waals surface area contributed by atoms with Crippen LogP contribution in [0.4, 0.5) is 5.69 Å². The highest BCUT2D eigenvalue weighted by atomic mass is 35.5. The molecule has 1 atom stereocenters. The molecule has 0 radical (unpaired) electrons. The van der Waals surface area contributed by atoms with Crippen molar-refractivity contribution < 1.29 is 24.2 Å². The van der Waals surface area contributed by atoms with Gasteiger partial charge in [-0.2, -0.15) is 0 Å². The molecule has 2 aromatic rings. The molecule has 0 spiro atoms. The molecule has 1 amide bonds. The number of Topliss-reactive ketones (excluding diaryl/α,β-unsaturated/α-hetero) is 1. The van der Waals surface area contributed by atoms with Crippen molar-refractivity contribution in [3.8, 4) is 11.5 Å². The molecular weight excluding hydrogens is 556 g/mol. The number of methoxy groups -OCH3 is 2. The second-order valence-corrected chi connectivity index (χ2v) is 11.6. The molecule has 0 saturated carbocycles. The average Bonchev–Trinajstić information content (AvgIpc) is 3.00. The van der Waals surface area contributed by atoms with Gasteiger partial charge in [0.2, 0.25) is 5.91 Å². The number of amides is 1. The fourth-order valence-electron chi connectivity index (χ4n) is 4.88. The van der Waals surface area contributed by atoms with Gasteiger partial charge < -0.3 is 24.8 Å². The van der Waals surface area contributed by atoms with Crippen molar-refractivity contribution in [2.75, 3.05) is 45.9 Å². The fourth-order valence-corrected chi connectivity index (χ4v) is 5.17. The number of hydrazine groups is 1. The molecule has 0 bridgehead atoms. The number of allylic oxidation sites excluding steroid dienone is 1. The number of aliphatic hydroxyl groups excluding tert-OH is 1. The van der Waals surface area contributed by atoms with E-state index in [0.717, 1.165) is 11.3 Å². The van der Waals surface area contributed by atoms with Crippen molar-refractivity contribution in [2.24, 2.45) is 5.41 Å². The molecule has 9 nitrogen and oxygen atoms in total. The number of hydrogen-bond acceptors (Lipinski definition) is 8. The summed E-state index contributed by atoms with van der Waals surface area (Å²) in [7, 11) is 3.09. The Balaban J connectivity index is 1.64. The van der Waals surface area contributed by atoms with Gasteiger partial charge in [-0.3, -0.25) is 15.0 Å². The Morgan fingerprint density at radius 2 is 1.95 bits per heavy atom. The molecule has 2 aliphatic rings. The van der Waals surface area contributed by atoms with Crippen LogP contribution in [-0.2, 0) is 16.0 Å². The van der Waals surface area contributed by atoms with Crippen LogP contribution in [0.3, 0.4) is 0 Å². The number of ether oxygens (including phenoxy) is 2. The van der Waals surface area contributed by atoms with Gasteiger partial charge in [-0.1, -0.05) is 44.2 Å². The molecular formula is C32H39ClN4O5. The molecule has 0 saturated heterocycles. The fraction of sp³-hybridized carbons (Fsp3) is 0.375. The molecule has 0 fully saturated rings. The SMILES string of the molecule is C=CC(=O)Nc1ccc(CCC2C(=O)C(c3cc(OC)cc(OC)c3Cl)=CC3=CCN(NCC(C)(C)CO)CN32)cc1. The van der Waals surface area contributed by atoms with Gasteiger partial charge >= 0.3 is 0 Å². The van der Waals surface area contributed by atoms with Crippen molar-refractivity contribution in [1.82, 2.24) is 15.3 Å². The highest BCUT2D eigenvalue weighted by Crippen LogP contribution is 2.41. The molecule has 2 aromatic carbocycles. The van der Waals surface area contributed by atoms with E-state index in [9.17, 15) is 14.7 Å². The Labute approximate surface area is 252 Å². The summed E-state index contributed by atoms with van der Waals surface area (Å²) in [5, 5.41) is 14.8. The number of carbonyl (C=O) groups is 2. The number of rotatable bonds is 12. The molecule has 10 heteroatoms. The van der Waals surface area contributed by atoms with Gasteiger partial charge in [-0.15, -0.1) is 0 Å². The largest absolute Gasteiger partial charge is 0.497 e. The summed E-state index contributed by atoms with van der Waals surface area (Å²) in [6.45, 7) is 9.25. The minimum absolute atomic E-state index is 0.0447. The van der Waals surface area contributed by atoms with E-state index < -0.39 is 6.04 Å². The lowest BCUT2D eigenvalue weighted by atomic mass is 9.87. The molecule has 2 aliphatic heterocycles. The Bertz CT molecular complexity index is 1390. The topological polar surface area (TPSA) is 103 Å². The second-order valence-electron chi connectivity index (χ2n) is 11.2. The van der Waals surface area contributed by atoms with Gasteiger partial charge in [-0.05, 0) is 54.8 Å². The van der Waals surface area contributed by atoms with Crippen LogP contribution in [0.2, 0.25) is 5.02 Å². The van der Waals surface area contributed by atoms with Crippen LogP contribution in [0.5, 0.6) is 11.5 Å². The van der Waals surface area contributed by atoms with Crippen LogP contribution in [0.25, 0.3) is 5.57 Å². The maximum absolute atomic E-state index is 14.2. The third-order valence-corrected chi connectivity index (χ3v) is 7.88. The lowest BCUT2D eigenvalue weighted by Crippen LogP contribution is -2.56. The molecule has 1 unspecified atom stereocenters. The molecule has 0 aliphatic carbocycles. The van der Waals surface area contributed by atoms with Gasteiger partial charge in [0.1, 0.15) is 11.5 Å². The first-order valence-electron chi connectivity index (χ1n) is 13.9. The number of hydrogen-bond donors (Lipinski definition) is 3. The number of nitrogens with zero attached hydrogens (tertiary/aromatic N) is 2. The molecule has 4 rings (SSSR count). The van der Waals surface area contributed by atoms with Gasteiger partial charge in [0.25, 0.3) is 0 Å². The number of ketones is 1. The molecule has 0 aromatic heterocycles. The maximum atomic E-state index is 14.2. The number of halogens is 1. The minimum atomic E-state index is -0.458. The van der Waals surface area contributed by atoms with E-state index in [1.54, 1.807) is 19.2 Å². The minimum Gasteiger partial charge on any atom is -0.497 e. The third kappa shape index (κ3) is 7.22. The number of aryl methyl sites for hydroxylation is 1. The summed E-state index contributed by atoms with van der Waals surface area (Å²) in [6.07, 6.45) is 6.41. The third-order valence-electron chi connectivity index (χ3n) is 7.49. The number of aliphatic hydroxyl groups is 1. The number of benzene rings is 2. The van der Waals surface area contributed by atoms with Crippen molar-refractivity contribution in [3.63, 3.8) is 0 Å². The highest BCUT2D eigenvalue weighted by Gasteiger charge is 2.37. The van der Waals surface area contributed by atoms with Crippen LogP contribution < -0.4 is 20.2 Å². The van der Waals surface area contributed by atoms with Crippen molar-refractivity contribution >= 4 is 34.6 Å². The average molecular weight is 595 g/mol. The molecule has 2 heterocycles. The van der Waals surface area contributed by atoms with E-state index in [2.05, 4.69) is 33.3 Å². The first kappa shape index (κ1) is 31.3. The van der Waals surface area contributed by atoms with Gasteiger partial charge in [0.05, 0.1) is 32.0 Å². The lowest BCUT2D eigenvalue weighted by molar-refractivity contribution is -0.120. The van der Waals surface area contributed by atoms with Crippen molar-refractivity contribution in [3.05, 3.63) is 83.1 Å². The monoisotopic (exact) mass is 594 g/mol. The number of anilines is 1. The molecule has 42 heavy (non-hydrogen) atoms. The summed E-state index contributed by atoms with van der Waals surface area (Å²) in [5.41, 5.74) is 6.87. The summed E-state index contributed by atoms with van der Waals surface area (Å²) >= 11 is 6.73. The van der Waals surface area contributed by atoms with E-state index in [1.165, 1.54) is 13.2 Å². The number of nitrogens with one attached hydrogen (secondary N) is 2. The smallest absolute Gasteiger partial charge is 0.247 e. The highest BCUT2D eigenvalue weighted by molar-refractivity contribution is 6.37. The van der Waals surface area contributed by atoms with E-state index >= 15 is 0 Å². The summed E-state index contributed by atoms with van der Waals surface area (Å²) in [5.74, 6) is 0.660. The van der Waals surface area contributed by atoms with Crippen LogP contribution in [0.1, 0.15) is 31.4 Å². The van der Waals surface area contributed by atoms with Gasteiger partial charge in [-0.25, -0.2) is 5.01 Å². The van der Waals surface area contributed by atoms with E-state index in [0.29, 0.717) is 65.9 Å². The van der Waals surface area contributed by atoms with Gasteiger partial charge in [0.15, 0.2) is 5.78 Å². The Hall–Kier alpha value is -3.63. The normalized spacial score (nSPS) is 17.2. The first-order chi connectivity index (χ1) is 20.1. The molecule has 224 valence electrons. The zero-order valence-electron chi connectivity index (χ0n) is 24.6. The standard InChI is InChI=1S/C32H39ClN4O5/c1-6-29(39)35-22-10-7-21(8-11-22)9-12-27-31(40)26(25-16-24(41-4)17-28(42-5)30(25)33)15-23-13-14-36(20-37(23)27)34-18-32(2,3)19-38/h6-8,10-11,13,15-17,27,34,38H,1,9,12,14,18-20H2,2-5H3,(H,35,39). The molecule has 3 N–H and O–H groups in total. The zero-order chi connectivity index (χ0) is 30.4. The van der Waals surface area contributed by atoms with Crippen LogP contribution in [-0.4, -0.2) is 73.3 Å². The van der Waals surface area contributed by atoms with E-state index in [1.807, 2.05) is 44.2 Å². The predicted octanol–water partition coefficient (Wildman–Crippen LogP) is 4.43. The summed E-state index contributed by atoms with van der Waals surface area (Å²) in [4.78, 5) is 28.0. The quantitative estimate of drug-likeness (QED) is 0.310. The first-order valence-corrected chi connectivity index (χ1v) is 14.2. The van der Waals surface area contributed by atoms with E-state index in [4.69, 9.17) is 21.1 Å². The predicted molar refractivity (Wildman–Crippen MR) is 165 cm³/mol. The van der Waals surface area contributed by atoms with Crippen LogP contribution in [0, 0.1) is 5.41 Å². The summed E-state index contributed by atoms with van der Waals surface area (Å²) < 4.78 is 10.9. The zero-order valence-corrected chi connectivity index (χ0v) is 25.3. The maximum Gasteiger partial charge on any atom is 0.247 e. The lowest BCUT2D eigenvalue weighted by Gasteiger charge is -2.44. The Morgan fingerprint density at radius 3 is 2.60 bits per heavy atom. The Kier molecular flexibility index (Phi) is 10.1. The van der Waals surface area contributed by atoms with Gasteiger partial charge in [0, 0.05) is 53.7 Å². The van der Waals surface area contributed by atoms with E-state index in [-0.39, 0.29) is 23.7 Å². The van der Waals surface area contributed by atoms with Crippen LogP contribution in [0.15, 0.2) is 66.9 Å². The Morgan fingerprint density at radius 1 is 1.21 bits per heavy atom.